The highest BCUT2D eigenvalue weighted by Crippen LogP contribution is 2.42. The minimum absolute atomic E-state index is 0.0384. The summed E-state index contributed by atoms with van der Waals surface area (Å²) in [4.78, 5) is 16.7. The average molecular weight is 454 g/mol. The SMILES string of the molecule is CCC(=O)NCC(C)(C)CC(C)(CC)N1CCN(C(O)C(C)(C)CC(C)(C)C(C)C)CC1. The molecular weight excluding hydrogens is 398 g/mol. The summed E-state index contributed by atoms with van der Waals surface area (Å²) in [6.07, 6.45) is 3.24. The van der Waals surface area contributed by atoms with Crippen molar-refractivity contribution in [2.75, 3.05) is 32.7 Å². The van der Waals surface area contributed by atoms with Crippen LogP contribution in [0.4, 0.5) is 0 Å². The lowest BCUT2D eigenvalue weighted by atomic mass is 9.68. The van der Waals surface area contributed by atoms with Crippen molar-refractivity contribution in [3.05, 3.63) is 0 Å². The number of aliphatic hydroxyl groups is 1. The van der Waals surface area contributed by atoms with Gasteiger partial charge >= 0.3 is 0 Å². The highest BCUT2D eigenvalue weighted by molar-refractivity contribution is 5.75. The van der Waals surface area contributed by atoms with Crippen LogP contribution in [0.3, 0.4) is 0 Å². The molecule has 1 aliphatic heterocycles. The number of nitrogens with zero attached hydrogens (tertiary/aromatic N) is 2. The van der Waals surface area contributed by atoms with Crippen molar-refractivity contribution in [2.24, 2.45) is 22.2 Å². The summed E-state index contributed by atoms with van der Waals surface area (Å²) in [6, 6.07) is 0. The summed E-state index contributed by atoms with van der Waals surface area (Å²) in [5.41, 5.74) is 0.179. The van der Waals surface area contributed by atoms with Crippen molar-refractivity contribution in [3.63, 3.8) is 0 Å². The van der Waals surface area contributed by atoms with Crippen LogP contribution in [0, 0.1) is 22.2 Å². The van der Waals surface area contributed by atoms with Gasteiger partial charge in [0.1, 0.15) is 6.23 Å². The fraction of sp³-hybridized carbons (Fsp3) is 0.963. The second kappa shape index (κ2) is 11.2. The molecule has 1 aliphatic rings. The van der Waals surface area contributed by atoms with E-state index in [2.05, 4.69) is 84.4 Å². The Morgan fingerprint density at radius 2 is 1.44 bits per heavy atom. The molecule has 0 aromatic rings. The normalized spacial score (nSPS) is 20.3. The third-order valence-electron chi connectivity index (χ3n) is 8.30. The van der Waals surface area contributed by atoms with E-state index in [1.807, 2.05) is 6.92 Å². The lowest BCUT2D eigenvalue weighted by Gasteiger charge is -2.51. The Labute approximate surface area is 199 Å². The van der Waals surface area contributed by atoms with Gasteiger partial charge in [-0.2, -0.15) is 0 Å². The van der Waals surface area contributed by atoms with Crippen LogP contribution in [-0.4, -0.2) is 65.3 Å². The number of piperazine rings is 1. The molecule has 0 aromatic heterocycles. The summed E-state index contributed by atoms with van der Waals surface area (Å²) < 4.78 is 0. The van der Waals surface area contributed by atoms with Crippen molar-refractivity contribution in [3.8, 4) is 0 Å². The zero-order valence-electron chi connectivity index (χ0n) is 23.3. The minimum atomic E-state index is -0.420. The first-order chi connectivity index (χ1) is 14.5. The van der Waals surface area contributed by atoms with Crippen LogP contribution in [0.2, 0.25) is 0 Å². The number of hydrogen-bond donors (Lipinski definition) is 2. The van der Waals surface area contributed by atoms with Gasteiger partial charge in [-0.1, -0.05) is 69.2 Å². The van der Waals surface area contributed by atoms with Gasteiger partial charge < -0.3 is 10.4 Å². The van der Waals surface area contributed by atoms with Crippen LogP contribution in [0.1, 0.15) is 102 Å². The molecule has 0 saturated carbocycles. The summed E-state index contributed by atoms with van der Waals surface area (Å²) in [7, 11) is 0. The van der Waals surface area contributed by atoms with E-state index in [0.717, 1.165) is 45.4 Å². The molecule has 0 aromatic carbocycles. The third-order valence-corrected chi connectivity index (χ3v) is 8.30. The van der Waals surface area contributed by atoms with Gasteiger partial charge in [-0.15, -0.1) is 0 Å². The second-order valence-corrected chi connectivity index (χ2v) is 13.0. The summed E-state index contributed by atoms with van der Waals surface area (Å²) in [6.45, 7) is 29.2. The molecule has 0 aliphatic carbocycles. The molecule has 1 rings (SSSR count). The van der Waals surface area contributed by atoms with E-state index in [4.69, 9.17) is 0 Å². The monoisotopic (exact) mass is 453 g/mol. The number of rotatable bonds is 12. The Kier molecular flexibility index (Phi) is 10.3. The number of hydrogen-bond acceptors (Lipinski definition) is 4. The molecule has 5 nitrogen and oxygen atoms in total. The zero-order chi connectivity index (χ0) is 25.0. The number of carbonyl (C=O) groups is 1. The number of nitrogens with one attached hydrogen (secondary N) is 1. The predicted molar refractivity (Wildman–Crippen MR) is 137 cm³/mol. The van der Waals surface area contributed by atoms with Crippen LogP contribution in [-0.2, 0) is 4.79 Å². The molecule has 2 unspecified atom stereocenters. The number of amides is 1. The standard InChI is InChI=1S/C27H55N3O2/c1-12-22(31)28-20-24(5,6)18-27(11,13-2)30-16-14-29(15-17-30)23(32)26(9,10)19-25(7,8)21(3)4/h21,23,32H,12-20H2,1-11H3,(H,28,31). The number of carbonyl (C=O) groups excluding carboxylic acids is 1. The lowest BCUT2D eigenvalue weighted by molar-refractivity contribution is -0.122. The lowest BCUT2D eigenvalue weighted by Crippen LogP contribution is -2.60. The third kappa shape index (κ3) is 7.99. The van der Waals surface area contributed by atoms with Crippen LogP contribution < -0.4 is 5.32 Å². The Morgan fingerprint density at radius 1 is 0.906 bits per heavy atom. The van der Waals surface area contributed by atoms with Crippen LogP contribution >= 0.6 is 0 Å². The molecule has 5 heteroatoms. The van der Waals surface area contributed by atoms with Gasteiger partial charge in [-0.05, 0) is 42.9 Å². The van der Waals surface area contributed by atoms with Crippen LogP contribution in [0.15, 0.2) is 0 Å². The molecule has 0 bridgehead atoms. The molecule has 1 saturated heterocycles. The summed E-state index contributed by atoms with van der Waals surface area (Å²) in [5.74, 6) is 0.712. The smallest absolute Gasteiger partial charge is 0.219 e. The first-order valence-corrected chi connectivity index (χ1v) is 12.9. The van der Waals surface area contributed by atoms with Crippen molar-refractivity contribution >= 4 is 5.91 Å². The van der Waals surface area contributed by atoms with E-state index in [1.165, 1.54) is 0 Å². The maximum atomic E-state index is 11.7. The molecule has 1 fully saturated rings. The van der Waals surface area contributed by atoms with Gasteiger partial charge in [0.05, 0.1) is 0 Å². The van der Waals surface area contributed by atoms with Gasteiger partial charge in [-0.25, -0.2) is 0 Å². The maximum Gasteiger partial charge on any atom is 0.219 e. The second-order valence-electron chi connectivity index (χ2n) is 13.0. The fourth-order valence-corrected chi connectivity index (χ4v) is 5.49. The Bertz CT molecular complexity index is 592. The van der Waals surface area contributed by atoms with Gasteiger partial charge in [0.2, 0.25) is 5.91 Å². The largest absolute Gasteiger partial charge is 0.378 e. The molecule has 0 spiro atoms. The Balaban J connectivity index is 2.76. The maximum absolute atomic E-state index is 11.7. The highest BCUT2D eigenvalue weighted by atomic mass is 16.3. The highest BCUT2D eigenvalue weighted by Gasteiger charge is 2.42. The Morgan fingerprint density at radius 3 is 1.88 bits per heavy atom. The Hall–Kier alpha value is -0.650. The molecule has 190 valence electrons. The van der Waals surface area contributed by atoms with Crippen molar-refractivity contribution in [2.45, 2.75) is 114 Å². The molecule has 1 amide bonds. The first-order valence-electron chi connectivity index (χ1n) is 12.9. The summed E-state index contributed by atoms with van der Waals surface area (Å²) >= 11 is 0. The fourth-order valence-electron chi connectivity index (χ4n) is 5.49. The molecule has 2 atom stereocenters. The topological polar surface area (TPSA) is 55.8 Å². The predicted octanol–water partition coefficient (Wildman–Crippen LogP) is 5.13. The molecule has 1 heterocycles. The van der Waals surface area contributed by atoms with Gasteiger partial charge in [-0.3, -0.25) is 14.6 Å². The quantitative estimate of drug-likeness (QED) is 0.430. The van der Waals surface area contributed by atoms with Crippen molar-refractivity contribution < 1.29 is 9.90 Å². The minimum Gasteiger partial charge on any atom is -0.378 e. The molecular formula is C27H55N3O2. The van der Waals surface area contributed by atoms with Gasteiger partial charge in [0.15, 0.2) is 0 Å². The van der Waals surface area contributed by atoms with Crippen LogP contribution in [0.5, 0.6) is 0 Å². The average Bonchev–Trinajstić information content (AvgIpc) is 2.70. The van der Waals surface area contributed by atoms with E-state index >= 15 is 0 Å². The van der Waals surface area contributed by atoms with E-state index in [-0.39, 0.29) is 27.7 Å². The van der Waals surface area contributed by atoms with Crippen LogP contribution in [0.25, 0.3) is 0 Å². The summed E-state index contributed by atoms with van der Waals surface area (Å²) in [5, 5.41) is 14.4. The van der Waals surface area contributed by atoms with E-state index in [9.17, 15) is 9.90 Å². The molecule has 0 radical (unpaired) electrons. The zero-order valence-corrected chi connectivity index (χ0v) is 23.3. The molecule has 2 N–H and O–H groups in total. The van der Waals surface area contributed by atoms with E-state index < -0.39 is 6.23 Å². The van der Waals surface area contributed by atoms with E-state index in [1.54, 1.807) is 0 Å². The van der Waals surface area contributed by atoms with Crippen molar-refractivity contribution in [1.82, 2.24) is 15.1 Å². The number of aliphatic hydroxyl groups excluding tert-OH is 1. The van der Waals surface area contributed by atoms with Gasteiger partial charge in [0.25, 0.3) is 0 Å². The van der Waals surface area contributed by atoms with Crippen molar-refractivity contribution in [1.29, 1.82) is 0 Å². The first kappa shape index (κ1) is 29.4. The van der Waals surface area contributed by atoms with E-state index in [0.29, 0.717) is 18.9 Å². The molecule has 32 heavy (non-hydrogen) atoms. The van der Waals surface area contributed by atoms with Gasteiger partial charge in [0, 0.05) is 50.1 Å².